The van der Waals surface area contributed by atoms with Crippen LogP contribution in [0, 0.1) is 17.1 Å². The second-order valence-corrected chi connectivity index (χ2v) is 7.83. The number of aromatic nitrogens is 7. The zero-order valence-electron chi connectivity index (χ0n) is 18.4. The number of rotatable bonds is 5. The summed E-state index contributed by atoms with van der Waals surface area (Å²) in [6.07, 6.45) is -1.18. The SMILES string of the molecule is N#Cc1cc(NC(=O)c2cnn(-c3ccc(F)c(N4CC(O)C4)n3)c2C(F)(F)F)cnc1-n1nccn1. The van der Waals surface area contributed by atoms with Crippen LogP contribution in [0.3, 0.4) is 0 Å². The molecule has 0 saturated carbocycles. The summed E-state index contributed by atoms with van der Waals surface area (Å²) in [4.78, 5) is 23.2. The van der Waals surface area contributed by atoms with Crippen LogP contribution >= 0.6 is 0 Å². The van der Waals surface area contributed by atoms with E-state index in [9.17, 15) is 32.7 Å². The molecule has 0 spiro atoms. The van der Waals surface area contributed by atoms with Gasteiger partial charge in [0.25, 0.3) is 5.91 Å². The van der Waals surface area contributed by atoms with Gasteiger partial charge >= 0.3 is 6.18 Å². The van der Waals surface area contributed by atoms with Gasteiger partial charge in [-0.05, 0) is 18.2 Å². The Morgan fingerprint density at radius 1 is 1.14 bits per heavy atom. The highest BCUT2D eigenvalue weighted by Crippen LogP contribution is 2.34. The smallest absolute Gasteiger partial charge is 0.389 e. The lowest BCUT2D eigenvalue weighted by Gasteiger charge is -2.37. The van der Waals surface area contributed by atoms with Gasteiger partial charge in [0.15, 0.2) is 29.0 Å². The fraction of sp³-hybridized carbons (Fsp3) is 0.190. The number of anilines is 2. The van der Waals surface area contributed by atoms with Crippen LogP contribution in [0.15, 0.2) is 43.0 Å². The van der Waals surface area contributed by atoms with Crippen LogP contribution in [0.2, 0.25) is 0 Å². The third-order valence-electron chi connectivity index (χ3n) is 5.33. The molecule has 1 aliphatic rings. The number of nitriles is 1. The van der Waals surface area contributed by atoms with Gasteiger partial charge in [-0.2, -0.15) is 33.7 Å². The number of carbonyl (C=O) groups is 1. The monoisotopic (exact) mass is 514 g/mol. The van der Waals surface area contributed by atoms with E-state index in [4.69, 9.17) is 0 Å². The second kappa shape index (κ2) is 8.95. The molecule has 16 heteroatoms. The van der Waals surface area contributed by atoms with Crippen molar-refractivity contribution in [1.82, 2.24) is 34.7 Å². The molecule has 0 bridgehead atoms. The zero-order valence-corrected chi connectivity index (χ0v) is 18.4. The molecule has 0 unspecified atom stereocenters. The van der Waals surface area contributed by atoms with Crippen LogP contribution in [0.25, 0.3) is 11.6 Å². The number of halogens is 4. The first-order chi connectivity index (χ1) is 17.7. The Kier molecular flexibility index (Phi) is 5.76. The highest BCUT2D eigenvalue weighted by Gasteiger charge is 2.41. The summed E-state index contributed by atoms with van der Waals surface area (Å²) < 4.78 is 56.8. The summed E-state index contributed by atoms with van der Waals surface area (Å²) in [5.41, 5.74) is -2.38. The van der Waals surface area contributed by atoms with E-state index in [1.807, 2.05) is 6.07 Å². The van der Waals surface area contributed by atoms with E-state index in [0.717, 1.165) is 23.1 Å². The highest BCUT2D eigenvalue weighted by molar-refractivity contribution is 6.05. The summed E-state index contributed by atoms with van der Waals surface area (Å²) in [6, 6.07) is 4.98. The Morgan fingerprint density at radius 2 is 1.86 bits per heavy atom. The summed E-state index contributed by atoms with van der Waals surface area (Å²) in [5, 5.41) is 32.5. The van der Waals surface area contributed by atoms with E-state index in [0.29, 0.717) is 10.9 Å². The largest absolute Gasteiger partial charge is 0.434 e. The average molecular weight is 514 g/mol. The van der Waals surface area contributed by atoms with Crippen molar-refractivity contribution in [3.63, 3.8) is 0 Å². The predicted octanol–water partition coefficient (Wildman–Crippen LogP) is 1.71. The molecular formula is C21H14F4N10O2. The maximum absolute atomic E-state index is 14.2. The molecule has 4 aromatic heterocycles. The van der Waals surface area contributed by atoms with Crippen molar-refractivity contribution in [2.75, 3.05) is 23.3 Å². The van der Waals surface area contributed by atoms with Crippen molar-refractivity contribution in [2.45, 2.75) is 12.3 Å². The van der Waals surface area contributed by atoms with Crippen LogP contribution in [0.5, 0.6) is 0 Å². The summed E-state index contributed by atoms with van der Waals surface area (Å²) in [7, 11) is 0. The fourth-order valence-corrected chi connectivity index (χ4v) is 3.64. The van der Waals surface area contributed by atoms with Gasteiger partial charge in [0.1, 0.15) is 11.6 Å². The van der Waals surface area contributed by atoms with Crippen LogP contribution < -0.4 is 10.2 Å². The van der Waals surface area contributed by atoms with Gasteiger partial charge in [-0.1, -0.05) is 0 Å². The molecule has 0 aliphatic carbocycles. The Labute approximate surface area is 204 Å². The summed E-state index contributed by atoms with van der Waals surface area (Å²) in [5.74, 6) is -2.54. The average Bonchev–Trinajstić information content (AvgIpc) is 3.53. The molecule has 188 valence electrons. The van der Waals surface area contributed by atoms with Crippen molar-refractivity contribution < 1.29 is 27.5 Å². The van der Waals surface area contributed by atoms with Gasteiger partial charge in [-0.25, -0.2) is 19.0 Å². The number of aliphatic hydroxyl groups excluding tert-OH is 1. The first-order valence-electron chi connectivity index (χ1n) is 10.5. The van der Waals surface area contributed by atoms with Crippen LogP contribution in [-0.2, 0) is 6.18 Å². The normalized spacial score (nSPS) is 13.8. The molecule has 5 rings (SSSR count). The number of amides is 1. The van der Waals surface area contributed by atoms with Gasteiger partial charge < -0.3 is 15.3 Å². The van der Waals surface area contributed by atoms with Crippen molar-refractivity contribution in [3.8, 4) is 17.7 Å². The van der Waals surface area contributed by atoms with Crippen LogP contribution in [0.1, 0.15) is 21.6 Å². The minimum atomic E-state index is -5.04. The molecule has 1 aliphatic heterocycles. The first kappa shape index (κ1) is 23.8. The first-order valence-corrected chi connectivity index (χ1v) is 10.5. The van der Waals surface area contributed by atoms with E-state index >= 15 is 0 Å². The Hall–Kier alpha value is -4.91. The number of β-amino-alcohol motifs (C(OH)–C–C–N with tert-alkyl or cyclic N) is 1. The van der Waals surface area contributed by atoms with E-state index in [-0.39, 0.29) is 41.8 Å². The van der Waals surface area contributed by atoms with Crippen LogP contribution in [-0.4, -0.2) is 64.9 Å². The second-order valence-electron chi connectivity index (χ2n) is 7.83. The molecule has 0 radical (unpaired) electrons. The molecular weight excluding hydrogens is 500 g/mol. The van der Waals surface area contributed by atoms with E-state index in [1.165, 1.54) is 23.4 Å². The Bertz CT molecular complexity index is 1520. The quantitative estimate of drug-likeness (QED) is 0.379. The molecule has 1 saturated heterocycles. The number of aliphatic hydroxyl groups is 1. The molecule has 0 aromatic carbocycles. The van der Waals surface area contributed by atoms with Crippen molar-refractivity contribution in [1.29, 1.82) is 5.26 Å². The molecule has 5 heterocycles. The van der Waals surface area contributed by atoms with E-state index < -0.39 is 35.3 Å². The van der Waals surface area contributed by atoms with Gasteiger partial charge in [-0.3, -0.25) is 4.79 Å². The molecule has 1 amide bonds. The van der Waals surface area contributed by atoms with Gasteiger partial charge in [0.2, 0.25) is 0 Å². The maximum atomic E-state index is 14.2. The molecule has 1 fully saturated rings. The van der Waals surface area contributed by atoms with Gasteiger partial charge in [-0.15, -0.1) is 4.80 Å². The number of nitrogens with one attached hydrogen (secondary N) is 1. The summed E-state index contributed by atoms with van der Waals surface area (Å²) >= 11 is 0. The fourth-order valence-electron chi connectivity index (χ4n) is 3.64. The Morgan fingerprint density at radius 3 is 2.51 bits per heavy atom. The lowest BCUT2D eigenvalue weighted by molar-refractivity contribution is -0.143. The number of nitrogens with zero attached hydrogens (tertiary/aromatic N) is 9. The van der Waals surface area contributed by atoms with Crippen molar-refractivity contribution >= 4 is 17.4 Å². The summed E-state index contributed by atoms with van der Waals surface area (Å²) in [6.45, 7) is 0.139. The minimum Gasteiger partial charge on any atom is -0.389 e. The number of hydrogen-bond acceptors (Lipinski definition) is 9. The van der Waals surface area contributed by atoms with Crippen molar-refractivity contribution in [2.24, 2.45) is 0 Å². The molecule has 0 atom stereocenters. The molecule has 12 nitrogen and oxygen atoms in total. The standard InChI is InChI=1S/C21H14F4N10O2/c22-15-1-2-16(32-19(15)33-9-13(36)10-33)34-17(21(23,24)25)14(8-30-34)20(37)31-12-5-11(6-26)18(27-7-12)35-28-3-4-29-35/h1-5,7-8,13,36H,9-10H2,(H,31,37). The maximum Gasteiger partial charge on any atom is 0.434 e. The Balaban J connectivity index is 1.48. The lowest BCUT2D eigenvalue weighted by atomic mass is 10.1. The number of carbonyl (C=O) groups excluding carboxylic acids is 1. The van der Waals surface area contributed by atoms with E-state index in [2.05, 4.69) is 30.6 Å². The topological polar surface area (TPSA) is 151 Å². The predicted molar refractivity (Wildman–Crippen MR) is 116 cm³/mol. The number of alkyl halides is 3. The van der Waals surface area contributed by atoms with Crippen LogP contribution in [0.4, 0.5) is 29.1 Å². The number of hydrogen-bond donors (Lipinski definition) is 2. The zero-order chi connectivity index (χ0) is 26.3. The third kappa shape index (κ3) is 4.43. The highest BCUT2D eigenvalue weighted by atomic mass is 19.4. The minimum absolute atomic E-state index is 0.0418. The molecule has 37 heavy (non-hydrogen) atoms. The molecule has 4 aromatic rings. The van der Waals surface area contributed by atoms with Crippen molar-refractivity contribution in [3.05, 3.63) is 65.6 Å². The lowest BCUT2D eigenvalue weighted by Crippen LogP contribution is -2.51. The van der Waals surface area contributed by atoms with Gasteiger partial charge in [0, 0.05) is 13.1 Å². The molecule has 2 N–H and O–H groups in total. The number of pyridine rings is 2. The third-order valence-corrected chi connectivity index (χ3v) is 5.33. The van der Waals surface area contributed by atoms with E-state index in [1.54, 1.807) is 0 Å². The van der Waals surface area contributed by atoms with Gasteiger partial charge in [0.05, 0.1) is 42.1 Å².